The molecule has 3 aliphatic heterocycles. The molecule has 2 N–H and O–H groups in total. The molecule has 0 saturated carbocycles. The second-order valence-corrected chi connectivity index (χ2v) is 8.19. The van der Waals surface area contributed by atoms with Crippen molar-refractivity contribution in [3.63, 3.8) is 0 Å². The van der Waals surface area contributed by atoms with Gasteiger partial charge >= 0.3 is 6.03 Å². The van der Waals surface area contributed by atoms with E-state index in [1.807, 2.05) is 16.8 Å². The molecule has 1 unspecified atom stereocenters. The van der Waals surface area contributed by atoms with Gasteiger partial charge in [0, 0.05) is 39.1 Å². The van der Waals surface area contributed by atoms with Gasteiger partial charge in [0.1, 0.15) is 0 Å². The lowest BCUT2D eigenvalue weighted by Gasteiger charge is -2.34. The monoisotopic (exact) mass is 389 g/mol. The van der Waals surface area contributed by atoms with Crippen LogP contribution < -0.4 is 10.6 Å². The first kappa shape index (κ1) is 19.2. The van der Waals surface area contributed by atoms with Crippen LogP contribution in [-0.4, -0.2) is 75.8 Å². The topological polar surface area (TPSA) is 95.4 Å². The minimum atomic E-state index is -0.195. The molecule has 3 saturated heterocycles. The third kappa shape index (κ3) is 4.14. The van der Waals surface area contributed by atoms with Crippen LogP contribution in [0.1, 0.15) is 50.3 Å². The zero-order valence-electron chi connectivity index (χ0n) is 16.7. The molecular weight excluding hydrogens is 358 g/mol. The van der Waals surface area contributed by atoms with E-state index in [0.717, 1.165) is 77.1 Å². The molecule has 154 valence electrons. The van der Waals surface area contributed by atoms with Gasteiger partial charge in [-0.05, 0) is 51.6 Å². The third-order valence-electron chi connectivity index (χ3n) is 6.16. The molecule has 0 spiro atoms. The molecular formula is C19H31N7O2. The quantitative estimate of drug-likeness (QED) is 0.809. The van der Waals surface area contributed by atoms with Gasteiger partial charge in [-0.15, -0.1) is 0 Å². The number of carbonyl (C=O) groups excluding carboxylic acids is 2. The Kier molecular flexibility index (Phi) is 5.79. The van der Waals surface area contributed by atoms with E-state index in [-0.39, 0.29) is 17.9 Å². The average Bonchev–Trinajstić information content (AvgIpc) is 3.39. The summed E-state index contributed by atoms with van der Waals surface area (Å²) in [6, 6.07) is 0.0850. The van der Waals surface area contributed by atoms with Crippen molar-refractivity contribution in [1.29, 1.82) is 0 Å². The lowest BCUT2D eigenvalue weighted by molar-refractivity contribution is -0.121. The number of nitrogens with one attached hydrogen (secondary N) is 2. The minimum absolute atomic E-state index is 0.0636. The summed E-state index contributed by atoms with van der Waals surface area (Å²) in [4.78, 5) is 33.8. The number of hydrogen-bond acceptors (Lipinski definition) is 5. The Bertz CT molecular complexity index is 707. The van der Waals surface area contributed by atoms with E-state index in [9.17, 15) is 9.59 Å². The molecule has 0 aromatic carbocycles. The highest BCUT2D eigenvalue weighted by molar-refractivity contribution is 5.91. The number of carbonyl (C=O) groups is 2. The number of rotatable bonds is 3. The van der Waals surface area contributed by atoms with Crippen molar-refractivity contribution >= 4 is 17.9 Å². The van der Waals surface area contributed by atoms with Gasteiger partial charge in [0.2, 0.25) is 11.9 Å². The molecule has 3 aliphatic rings. The third-order valence-corrected chi connectivity index (χ3v) is 6.16. The van der Waals surface area contributed by atoms with E-state index in [1.54, 1.807) is 4.68 Å². The van der Waals surface area contributed by atoms with Crippen LogP contribution >= 0.6 is 0 Å². The van der Waals surface area contributed by atoms with Crippen LogP contribution in [0.25, 0.3) is 0 Å². The van der Waals surface area contributed by atoms with Crippen LogP contribution in [0.2, 0.25) is 0 Å². The maximum atomic E-state index is 12.8. The summed E-state index contributed by atoms with van der Waals surface area (Å²) in [6.45, 7) is 4.86. The number of piperidine rings is 2. The number of hydrogen-bond donors (Lipinski definition) is 2. The fourth-order valence-electron chi connectivity index (χ4n) is 4.45. The molecule has 28 heavy (non-hydrogen) atoms. The van der Waals surface area contributed by atoms with Gasteiger partial charge in [0.15, 0.2) is 5.82 Å². The number of aromatic nitrogens is 3. The van der Waals surface area contributed by atoms with E-state index >= 15 is 0 Å². The highest BCUT2D eigenvalue weighted by atomic mass is 16.2. The second-order valence-electron chi connectivity index (χ2n) is 8.19. The van der Waals surface area contributed by atoms with Gasteiger partial charge in [-0.2, -0.15) is 10.1 Å². The SMILES string of the molecule is Cn1nc(C2CCNCC2)nc1NC(=O)C1CCCN(C(=O)N2CCCC2)C1. The van der Waals surface area contributed by atoms with Crippen LogP contribution in [0.4, 0.5) is 10.7 Å². The maximum Gasteiger partial charge on any atom is 0.320 e. The van der Waals surface area contributed by atoms with Crippen LogP contribution in [0, 0.1) is 5.92 Å². The van der Waals surface area contributed by atoms with Crippen molar-refractivity contribution < 1.29 is 9.59 Å². The van der Waals surface area contributed by atoms with Crippen LogP contribution in [0.3, 0.4) is 0 Å². The average molecular weight is 390 g/mol. The van der Waals surface area contributed by atoms with Gasteiger partial charge in [0.05, 0.1) is 5.92 Å². The molecule has 1 aromatic rings. The predicted octanol–water partition coefficient (Wildman–Crippen LogP) is 1.15. The summed E-state index contributed by atoms with van der Waals surface area (Å²) in [5.41, 5.74) is 0. The Morgan fingerprint density at radius 3 is 2.50 bits per heavy atom. The molecule has 0 radical (unpaired) electrons. The lowest BCUT2D eigenvalue weighted by Crippen LogP contribution is -2.48. The number of nitrogens with zero attached hydrogens (tertiary/aromatic N) is 5. The molecule has 4 rings (SSSR count). The largest absolute Gasteiger partial charge is 0.325 e. The summed E-state index contributed by atoms with van der Waals surface area (Å²) in [5, 5.41) is 10.8. The first-order valence-corrected chi connectivity index (χ1v) is 10.6. The van der Waals surface area contributed by atoms with E-state index in [4.69, 9.17) is 0 Å². The fraction of sp³-hybridized carbons (Fsp3) is 0.789. The molecule has 9 heteroatoms. The van der Waals surface area contributed by atoms with Gasteiger partial charge in [-0.25, -0.2) is 9.48 Å². The van der Waals surface area contributed by atoms with Crippen LogP contribution in [-0.2, 0) is 11.8 Å². The zero-order chi connectivity index (χ0) is 19.5. The summed E-state index contributed by atoms with van der Waals surface area (Å²) in [6.07, 6.45) is 5.86. The van der Waals surface area contributed by atoms with Gasteiger partial charge in [-0.3, -0.25) is 10.1 Å². The highest BCUT2D eigenvalue weighted by Crippen LogP contribution is 2.24. The van der Waals surface area contributed by atoms with Crippen LogP contribution in [0.5, 0.6) is 0 Å². The number of urea groups is 1. The summed E-state index contributed by atoms with van der Waals surface area (Å²) < 4.78 is 1.66. The van der Waals surface area contributed by atoms with E-state index in [1.165, 1.54) is 0 Å². The van der Waals surface area contributed by atoms with Crippen molar-refractivity contribution in [1.82, 2.24) is 29.9 Å². The maximum absolute atomic E-state index is 12.8. The molecule has 3 amide bonds. The Hall–Kier alpha value is -2.16. The van der Waals surface area contributed by atoms with Gasteiger partial charge in [-0.1, -0.05) is 0 Å². The summed E-state index contributed by atoms with van der Waals surface area (Å²) in [7, 11) is 1.82. The second kappa shape index (κ2) is 8.46. The lowest BCUT2D eigenvalue weighted by atomic mass is 9.97. The molecule has 0 aliphatic carbocycles. The Morgan fingerprint density at radius 1 is 1.04 bits per heavy atom. The molecule has 1 atom stereocenters. The molecule has 4 heterocycles. The normalized spacial score (nSPS) is 23.8. The zero-order valence-corrected chi connectivity index (χ0v) is 16.7. The molecule has 9 nitrogen and oxygen atoms in total. The Morgan fingerprint density at radius 2 is 1.75 bits per heavy atom. The molecule has 0 bridgehead atoms. The number of aryl methyl sites for hydroxylation is 1. The van der Waals surface area contributed by atoms with Crippen molar-refractivity contribution in [2.24, 2.45) is 13.0 Å². The number of anilines is 1. The summed E-state index contributed by atoms with van der Waals surface area (Å²) >= 11 is 0. The first-order valence-electron chi connectivity index (χ1n) is 10.6. The van der Waals surface area contributed by atoms with E-state index in [2.05, 4.69) is 20.7 Å². The van der Waals surface area contributed by atoms with Crippen LogP contribution in [0.15, 0.2) is 0 Å². The van der Waals surface area contributed by atoms with Crippen molar-refractivity contribution in [3.05, 3.63) is 5.82 Å². The first-order chi connectivity index (χ1) is 13.6. The number of likely N-dealkylation sites (tertiary alicyclic amines) is 2. The molecule has 1 aromatic heterocycles. The summed E-state index contributed by atoms with van der Waals surface area (Å²) in [5.74, 6) is 1.40. The Balaban J connectivity index is 1.36. The van der Waals surface area contributed by atoms with Gasteiger partial charge in [0.25, 0.3) is 0 Å². The van der Waals surface area contributed by atoms with Gasteiger partial charge < -0.3 is 15.1 Å². The van der Waals surface area contributed by atoms with Crippen molar-refractivity contribution in [2.75, 3.05) is 44.6 Å². The number of amides is 3. The molecule has 3 fully saturated rings. The Labute approximate surface area is 165 Å². The minimum Gasteiger partial charge on any atom is -0.325 e. The fourth-order valence-corrected chi connectivity index (χ4v) is 4.45. The van der Waals surface area contributed by atoms with Crippen molar-refractivity contribution in [3.8, 4) is 0 Å². The highest BCUT2D eigenvalue weighted by Gasteiger charge is 2.32. The predicted molar refractivity (Wildman–Crippen MR) is 105 cm³/mol. The van der Waals surface area contributed by atoms with E-state index < -0.39 is 0 Å². The standard InChI is InChI=1S/C19H31N7O2/c1-24-18(21-16(23-24)14-6-8-20-9-7-14)22-17(27)15-5-4-12-26(13-15)19(28)25-10-2-3-11-25/h14-15,20H,2-13H2,1H3,(H,21,22,23,27). The smallest absolute Gasteiger partial charge is 0.320 e. The van der Waals surface area contributed by atoms with Crippen molar-refractivity contribution in [2.45, 2.75) is 44.4 Å². The van der Waals surface area contributed by atoms with E-state index in [0.29, 0.717) is 18.4 Å².